The van der Waals surface area contributed by atoms with Crippen LogP contribution < -0.4 is 10.0 Å². The van der Waals surface area contributed by atoms with Gasteiger partial charge in [0.25, 0.3) is 10.2 Å². The maximum atomic E-state index is 12.2. The van der Waals surface area contributed by atoms with E-state index in [1.165, 1.54) is 0 Å². The Hall–Kier alpha value is -0.210. The molecule has 108 valence electrons. The first-order valence-corrected chi connectivity index (χ1v) is 7.96. The average Bonchev–Trinajstić information content (AvgIpc) is 2.36. The number of ether oxygens (including phenoxy) is 1. The van der Waals surface area contributed by atoms with Crippen LogP contribution in [-0.2, 0) is 14.9 Å². The van der Waals surface area contributed by atoms with Crippen molar-refractivity contribution >= 4 is 10.2 Å². The van der Waals surface area contributed by atoms with Gasteiger partial charge in [0.15, 0.2) is 0 Å². The van der Waals surface area contributed by atoms with E-state index in [0.717, 1.165) is 19.3 Å². The first-order chi connectivity index (χ1) is 8.61. The van der Waals surface area contributed by atoms with Gasteiger partial charge in [-0.3, -0.25) is 0 Å². The van der Waals surface area contributed by atoms with Crippen molar-refractivity contribution in [3.05, 3.63) is 0 Å². The fourth-order valence-electron chi connectivity index (χ4n) is 2.23. The Morgan fingerprint density at radius 3 is 2.83 bits per heavy atom. The molecule has 0 aromatic carbocycles. The van der Waals surface area contributed by atoms with E-state index in [0.29, 0.717) is 32.7 Å². The van der Waals surface area contributed by atoms with E-state index >= 15 is 0 Å². The summed E-state index contributed by atoms with van der Waals surface area (Å²) >= 11 is 0. The molecule has 0 saturated carbocycles. The largest absolute Gasteiger partial charge is 0.385 e. The molecule has 0 spiro atoms. The van der Waals surface area contributed by atoms with E-state index in [9.17, 15) is 8.42 Å². The summed E-state index contributed by atoms with van der Waals surface area (Å²) in [5.41, 5.74) is 0. The highest BCUT2D eigenvalue weighted by atomic mass is 32.2. The maximum Gasteiger partial charge on any atom is 0.279 e. The summed E-state index contributed by atoms with van der Waals surface area (Å²) in [6.07, 6.45) is 3.67. The maximum absolute atomic E-state index is 12.2. The number of likely N-dealkylation sites (N-methyl/N-ethyl adjacent to an activating group) is 1. The molecule has 0 aliphatic carbocycles. The molecule has 1 fully saturated rings. The lowest BCUT2D eigenvalue weighted by atomic mass is 10.1. The zero-order chi connectivity index (χ0) is 13.4. The van der Waals surface area contributed by atoms with E-state index in [1.807, 2.05) is 7.05 Å². The molecule has 0 radical (unpaired) electrons. The van der Waals surface area contributed by atoms with Crippen LogP contribution in [0.4, 0.5) is 0 Å². The highest BCUT2D eigenvalue weighted by molar-refractivity contribution is 7.87. The fraction of sp³-hybridized carbons (Fsp3) is 1.00. The van der Waals surface area contributed by atoms with Crippen LogP contribution >= 0.6 is 0 Å². The molecular weight excluding hydrogens is 254 g/mol. The normalized spacial score (nSPS) is 22.2. The lowest BCUT2D eigenvalue weighted by molar-refractivity contribution is 0.195. The van der Waals surface area contributed by atoms with Crippen LogP contribution in [0.5, 0.6) is 0 Å². The van der Waals surface area contributed by atoms with Crippen molar-refractivity contribution in [3.8, 4) is 0 Å². The number of methoxy groups -OCH3 is 1. The second-order valence-electron chi connectivity index (χ2n) is 4.56. The summed E-state index contributed by atoms with van der Waals surface area (Å²) in [6.45, 7) is 2.33. The minimum Gasteiger partial charge on any atom is -0.385 e. The molecule has 1 heterocycles. The third-order valence-electron chi connectivity index (χ3n) is 3.13. The molecule has 2 N–H and O–H groups in total. The Balaban J connectivity index is 2.52. The minimum absolute atomic E-state index is 0.0728. The number of piperidine rings is 1. The topological polar surface area (TPSA) is 70.7 Å². The molecule has 1 aliphatic rings. The standard InChI is InChI=1S/C11H25N3O3S/c1-12-10-11-6-3-4-8-14(11)18(15,16)13-7-5-9-17-2/h11-13H,3-10H2,1-2H3. The molecule has 18 heavy (non-hydrogen) atoms. The Labute approximate surface area is 110 Å². The van der Waals surface area contributed by atoms with E-state index < -0.39 is 10.2 Å². The lowest BCUT2D eigenvalue weighted by Crippen LogP contribution is -2.52. The van der Waals surface area contributed by atoms with Gasteiger partial charge >= 0.3 is 0 Å². The molecule has 1 atom stereocenters. The van der Waals surface area contributed by atoms with Crippen LogP contribution in [0.3, 0.4) is 0 Å². The Bertz CT molecular complexity index is 319. The van der Waals surface area contributed by atoms with E-state index in [1.54, 1.807) is 11.4 Å². The van der Waals surface area contributed by atoms with Gasteiger partial charge in [-0.05, 0) is 26.3 Å². The van der Waals surface area contributed by atoms with Crippen molar-refractivity contribution in [1.82, 2.24) is 14.3 Å². The third-order valence-corrected chi connectivity index (χ3v) is 4.80. The quantitative estimate of drug-likeness (QED) is 0.610. The summed E-state index contributed by atoms with van der Waals surface area (Å²) in [7, 11) is 0.118. The van der Waals surface area contributed by atoms with Gasteiger partial charge in [0.2, 0.25) is 0 Å². The molecule has 6 nitrogen and oxygen atoms in total. The van der Waals surface area contributed by atoms with Crippen LogP contribution in [0.2, 0.25) is 0 Å². The Morgan fingerprint density at radius 1 is 1.39 bits per heavy atom. The van der Waals surface area contributed by atoms with Crippen LogP contribution in [-0.4, -0.2) is 59.2 Å². The van der Waals surface area contributed by atoms with Crippen molar-refractivity contribution in [2.75, 3.05) is 40.4 Å². The van der Waals surface area contributed by atoms with E-state index in [-0.39, 0.29) is 6.04 Å². The summed E-state index contributed by atoms with van der Waals surface area (Å²) in [5.74, 6) is 0. The molecule has 7 heteroatoms. The number of hydrogen-bond acceptors (Lipinski definition) is 4. The highest BCUT2D eigenvalue weighted by Gasteiger charge is 2.31. The van der Waals surface area contributed by atoms with Crippen LogP contribution in [0.1, 0.15) is 25.7 Å². The fourth-order valence-corrected chi connectivity index (χ4v) is 3.74. The van der Waals surface area contributed by atoms with E-state index in [2.05, 4.69) is 10.0 Å². The van der Waals surface area contributed by atoms with Crippen molar-refractivity contribution in [2.45, 2.75) is 31.7 Å². The van der Waals surface area contributed by atoms with Crippen LogP contribution in [0.15, 0.2) is 0 Å². The molecule has 0 bridgehead atoms. The number of nitrogens with one attached hydrogen (secondary N) is 2. The predicted octanol–water partition coefficient (Wildman–Crippen LogP) is -0.0688. The number of rotatable bonds is 8. The molecule has 1 rings (SSSR count). The molecule has 1 aliphatic heterocycles. The zero-order valence-electron chi connectivity index (χ0n) is 11.3. The van der Waals surface area contributed by atoms with E-state index in [4.69, 9.17) is 4.74 Å². The van der Waals surface area contributed by atoms with Crippen molar-refractivity contribution in [2.24, 2.45) is 0 Å². The summed E-state index contributed by atoms with van der Waals surface area (Å²) < 4.78 is 33.5. The third kappa shape index (κ3) is 4.81. The second kappa shape index (κ2) is 8.06. The van der Waals surface area contributed by atoms with Gasteiger partial charge in [-0.1, -0.05) is 6.42 Å². The Kier molecular flexibility index (Phi) is 7.10. The van der Waals surface area contributed by atoms with Gasteiger partial charge in [0.1, 0.15) is 0 Å². The van der Waals surface area contributed by atoms with Crippen molar-refractivity contribution in [3.63, 3.8) is 0 Å². The van der Waals surface area contributed by atoms with Crippen molar-refractivity contribution < 1.29 is 13.2 Å². The zero-order valence-corrected chi connectivity index (χ0v) is 12.1. The highest BCUT2D eigenvalue weighted by Crippen LogP contribution is 2.19. The van der Waals surface area contributed by atoms with Crippen molar-refractivity contribution in [1.29, 1.82) is 0 Å². The van der Waals surface area contributed by atoms with Crippen LogP contribution in [0, 0.1) is 0 Å². The van der Waals surface area contributed by atoms with Gasteiger partial charge in [0.05, 0.1) is 0 Å². The average molecular weight is 279 g/mol. The molecule has 0 aromatic heterocycles. The summed E-state index contributed by atoms with van der Waals surface area (Å²) in [4.78, 5) is 0. The first-order valence-electron chi connectivity index (χ1n) is 6.51. The summed E-state index contributed by atoms with van der Waals surface area (Å²) in [6, 6.07) is 0.0728. The molecule has 1 saturated heterocycles. The smallest absolute Gasteiger partial charge is 0.279 e. The van der Waals surface area contributed by atoms with Gasteiger partial charge in [-0.25, -0.2) is 4.72 Å². The second-order valence-corrected chi connectivity index (χ2v) is 6.27. The van der Waals surface area contributed by atoms with Gasteiger partial charge in [0, 0.05) is 39.4 Å². The first kappa shape index (κ1) is 15.8. The minimum atomic E-state index is -3.35. The molecule has 0 aromatic rings. The van der Waals surface area contributed by atoms with Crippen LogP contribution in [0.25, 0.3) is 0 Å². The monoisotopic (exact) mass is 279 g/mol. The van der Waals surface area contributed by atoms with Gasteiger partial charge in [-0.2, -0.15) is 12.7 Å². The molecular formula is C11H25N3O3S. The molecule has 1 unspecified atom stereocenters. The number of nitrogens with zero attached hydrogens (tertiary/aromatic N) is 1. The van der Waals surface area contributed by atoms with Gasteiger partial charge < -0.3 is 10.1 Å². The van der Waals surface area contributed by atoms with Gasteiger partial charge in [-0.15, -0.1) is 0 Å². The SMILES string of the molecule is CNCC1CCCCN1S(=O)(=O)NCCCOC. The Morgan fingerprint density at radius 2 is 2.17 bits per heavy atom. The summed E-state index contributed by atoms with van der Waals surface area (Å²) in [5, 5.41) is 3.06. The number of hydrogen-bond donors (Lipinski definition) is 2. The lowest BCUT2D eigenvalue weighted by Gasteiger charge is -2.34. The predicted molar refractivity (Wildman–Crippen MR) is 71.7 cm³/mol. The molecule has 0 amide bonds.